The predicted molar refractivity (Wildman–Crippen MR) is 101 cm³/mol. The second-order valence-corrected chi connectivity index (χ2v) is 7.46. The maximum atomic E-state index is 12.0. The van der Waals surface area contributed by atoms with Gasteiger partial charge >= 0.3 is 0 Å². The molecule has 2 heterocycles. The van der Waals surface area contributed by atoms with Gasteiger partial charge in [-0.05, 0) is 49.6 Å². The van der Waals surface area contributed by atoms with Crippen LogP contribution in [-0.2, 0) is 11.3 Å². The summed E-state index contributed by atoms with van der Waals surface area (Å²) in [6.45, 7) is 5.25. The van der Waals surface area contributed by atoms with Crippen LogP contribution >= 0.6 is 11.3 Å². The van der Waals surface area contributed by atoms with Crippen LogP contribution in [0.3, 0.4) is 0 Å². The fraction of sp³-hybridized carbons (Fsp3) is 0.421. The van der Waals surface area contributed by atoms with E-state index in [9.17, 15) is 4.79 Å². The molecule has 0 aliphatic carbocycles. The van der Waals surface area contributed by atoms with Crippen molar-refractivity contribution in [2.45, 2.75) is 26.3 Å². The first-order chi connectivity index (χ1) is 12.6. The first-order valence-corrected chi connectivity index (χ1v) is 9.60. The number of piperidine rings is 1. The minimum Gasteiger partial charge on any atom is -0.484 e. The van der Waals surface area contributed by atoms with Crippen molar-refractivity contribution in [2.24, 2.45) is 5.92 Å². The first kappa shape index (κ1) is 18.4. The number of carbonyl (C=O) groups is 1. The van der Waals surface area contributed by atoms with E-state index >= 15 is 0 Å². The molecule has 1 aliphatic heterocycles. The number of carbonyl (C=O) groups excluding carboxylic acids is 1. The largest absolute Gasteiger partial charge is 0.484 e. The van der Waals surface area contributed by atoms with Crippen LogP contribution in [0.25, 0.3) is 0 Å². The molecular weight excluding hydrogens is 348 g/mol. The van der Waals surface area contributed by atoms with Crippen LogP contribution < -0.4 is 10.1 Å². The van der Waals surface area contributed by atoms with Gasteiger partial charge < -0.3 is 4.74 Å². The summed E-state index contributed by atoms with van der Waals surface area (Å²) >= 11 is 1.43. The van der Waals surface area contributed by atoms with Crippen LogP contribution in [0.4, 0.5) is 5.13 Å². The van der Waals surface area contributed by atoms with Crippen molar-refractivity contribution < 1.29 is 9.53 Å². The Hall–Kier alpha value is -2.43. The summed E-state index contributed by atoms with van der Waals surface area (Å²) in [6, 6.07) is 8.70. The third kappa shape index (κ3) is 5.28. The highest BCUT2D eigenvalue weighted by Crippen LogP contribution is 2.21. The van der Waals surface area contributed by atoms with Crippen molar-refractivity contribution in [1.29, 1.82) is 5.26 Å². The molecule has 1 saturated heterocycles. The second kappa shape index (κ2) is 8.79. The monoisotopic (exact) mass is 370 g/mol. The molecule has 2 aromatic rings. The van der Waals surface area contributed by atoms with Gasteiger partial charge in [-0.25, -0.2) is 4.98 Å². The molecule has 1 fully saturated rings. The van der Waals surface area contributed by atoms with Gasteiger partial charge in [0.2, 0.25) is 0 Å². The van der Waals surface area contributed by atoms with Crippen LogP contribution in [0, 0.1) is 17.2 Å². The molecule has 1 N–H and O–H groups in total. The minimum atomic E-state index is -0.248. The maximum Gasteiger partial charge on any atom is 0.264 e. The molecule has 1 aliphatic rings. The smallest absolute Gasteiger partial charge is 0.264 e. The molecule has 1 amide bonds. The van der Waals surface area contributed by atoms with E-state index in [1.807, 2.05) is 11.4 Å². The molecule has 0 bridgehead atoms. The number of thiazole rings is 1. The number of hydrogen-bond donors (Lipinski definition) is 1. The third-order valence-electron chi connectivity index (χ3n) is 4.28. The molecule has 136 valence electrons. The minimum absolute atomic E-state index is 0.0928. The number of aromatic nitrogens is 1. The van der Waals surface area contributed by atoms with Gasteiger partial charge in [0.15, 0.2) is 11.7 Å². The van der Waals surface area contributed by atoms with Crippen LogP contribution in [0.1, 0.15) is 31.0 Å². The molecule has 1 unspecified atom stereocenters. The Morgan fingerprint density at radius 2 is 2.27 bits per heavy atom. The Bertz CT molecular complexity index is 782. The van der Waals surface area contributed by atoms with E-state index in [4.69, 9.17) is 10.00 Å². The van der Waals surface area contributed by atoms with Gasteiger partial charge in [-0.3, -0.25) is 15.0 Å². The van der Waals surface area contributed by atoms with Gasteiger partial charge in [0, 0.05) is 18.5 Å². The summed E-state index contributed by atoms with van der Waals surface area (Å²) in [4.78, 5) is 18.9. The van der Waals surface area contributed by atoms with Crippen LogP contribution in [-0.4, -0.2) is 35.5 Å². The van der Waals surface area contributed by atoms with E-state index in [-0.39, 0.29) is 12.5 Å². The summed E-state index contributed by atoms with van der Waals surface area (Å²) in [6.07, 6.45) is 2.54. The molecule has 7 heteroatoms. The molecule has 3 rings (SSSR count). The van der Waals surface area contributed by atoms with Gasteiger partial charge in [0.25, 0.3) is 5.91 Å². The van der Waals surface area contributed by atoms with Crippen LogP contribution in [0.15, 0.2) is 29.6 Å². The lowest BCUT2D eigenvalue weighted by Crippen LogP contribution is -2.33. The fourth-order valence-electron chi connectivity index (χ4n) is 3.03. The average Bonchev–Trinajstić information content (AvgIpc) is 3.07. The first-order valence-electron chi connectivity index (χ1n) is 8.72. The van der Waals surface area contributed by atoms with E-state index in [2.05, 4.69) is 22.1 Å². The lowest BCUT2D eigenvalue weighted by Gasteiger charge is -2.30. The zero-order valence-corrected chi connectivity index (χ0v) is 15.6. The fourth-order valence-corrected chi connectivity index (χ4v) is 3.74. The molecule has 1 atom stereocenters. The highest BCUT2D eigenvalue weighted by atomic mass is 32.1. The predicted octanol–water partition coefficient (Wildman–Crippen LogP) is 3.26. The van der Waals surface area contributed by atoms with E-state index in [0.29, 0.717) is 16.4 Å². The summed E-state index contributed by atoms with van der Waals surface area (Å²) in [7, 11) is 0. The van der Waals surface area contributed by atoms with Crippen molar-refractivity contribution in [2.75, 3.05) is 25.0 Å². The Morgan fingerprint density at radius 1 is 1.46 bits per heavy atom. The molecule has 26 heavy (non-hydrogen) atoms. The number of nitriles is 1. The highest BCUT2D eigenvalue weighted by molar-refractivity contribution is 7.13. The lowest BCUT2D eigenvalue weighted by atomic mass is 10.0. The number of hydrogen-bond acceptors (Lipinski definition) is 6. The van der Waals surface area contributed by atoms with Crippen molar-refractivity contribution in [3.8, 4) is 11.8 Å². The number of nitrogens with one attached hydrogen (secondary N) is 1. The maximum absolute atomic E-state index is 12.0. The van der Waals surface area contributed by atoms with Crippen molar-refractivity contribution in [3.05, 3.63) is 40.9 Å². The molecule has 0 saturated carbocycles. The molecular formula is C19H22N4O2S. The molecule has 1 aromatic heterocycles. The SMILES string of the molecule is CC1CCCN(Cc2csc(NC(=O)COc3ccc(C#N)cc3)n2)C1. The summed E-state index contributed by atoms with van der Waals surface area (Å²) in [5.41, 5.74) is 1.55. The molecule has 1 aromatic carbocycles. The Kier molecular flexibility index (Phi) is 6.21. The van der Waals surface area contributed by atoms with Gasteiger partial charge in [0.1, 0.15) is 5.75 Å². The number of benzene rings is 1. The molecule has 6 nitrogen and oxygen atoms in total. The van der Waals surface area contributed by atoms with Gasteiger partial charge in [0.05, 0.1) is 17.3 Å². The normalized spacial score (nSPS) is 17.5. The molecule has 0 spiro atoms. The number of anilines is 1. The zero-order valence-electron chi connectivity index (χ0n) is 14.8. The Labute approximate surface area is 157 Å². The number of ether oxygens (including phenoxy) is 1. The van der Waals surface area contributed by atoms with Crippen molar-refractivity contribution >= 4 is 22.4 Å². The number of nitrogens with zero attached hydrogens (tertiary/aromatic N) is 3. The lowest BCUT2D eigenvalue weighted by molar-refractivity contribution is -0.118. The van der Waals surface area contributed by atoms with Gasteiger partial charge in [-0.2, -0.15) is 5.26 Å². The second-order valence-electron chi connectivity index (χ2n) is 6.60. The van der Waals surface area contributed by atoms with E-state index < -0.39 is 0 Å². The summed E-state index contributed by atoms with van der Waals surface area (Å²) in [5.74, 6) is 1.04. The standard InChI is InChI=1S/C19H22N4O2S/c1-14-3-2-8-23(10-14)11-16-13-26-19(21-16)22-18(24)12-25-17-6-4-15(9-20)5-7-17/h4-7,13-14H,2-3,8,10-12H2,1H3,(H,21,22,24). The van der Waals surface area contributed by atoms with Crippen LogP contribution in [0.5, 0.6) is 5.75 Å². The third-order valence-corrected chi connectivity index (χ3v) is 5.08. The molecule has 0 radical (unpaired) electrons. The van der Waals surface area contributed by atoms with Gasteiger partial charge in [-0.15, -0.1) is 11.3 Å². The Balaban J connectivity index is 1.45. The highest BCUT2D eigenvalue weighted by Gasteiger charge is 2.17. The van der Waals surface area contributed by atoms with Crippen molar-refractivity contribution in [3.63, 3.8) is 0 Å². The Morgan fingerprint density at radius 3 is 3.00 bits per heavy atom. The topological polar surface area (TPSA) is 78.3 Å². The van der Waals surface area contributed by atoms with E-state index in [1.54, 1.807) is 24.3 Å². The quantitative estimate of drug-likeness (QED) is 0.844. The van der Waals surface area contributed by atoms with E-state index in [0.717, 1.165) is 31.2 Å². The number of likely N-dealkylation sites (tertiary alicyclic amines) is 1. The van der Waals surface area contributed by atoms with Gasteiger partial charge in [-0.1, -0.05) is 6.92 Å². The van der Waals surface area contributed by atoms with Crippen molar-refractivity contribution in [1.82, 2.24) is 9.88 Å². The summed E-state index contributed by atoms with van der Waals surface area (Å²) in [5, 5.41) is 14.1. The number of amides is 1. The summed E-state index contributed by atoms with van der Waals surface area (Å²) < 4.78 is 5.43. The number of rotatable bonds is 6. The van der Waals surface area contributed by atoms with E-state index in [1.165, 1.54) is 24.2 Å². The zero-order chi connectivity index (χ0) is 18.4. The van der Waals surface area contributed by atoms with Crippen LogP contribution in [0.2, 0.25) is 0 Å². The average molecular weight is 370 g/mol.